The summed E-state index contributed by atoms with van der Waals surface area (Å²) in [5, 5.41) is 1.38. The molecule has 0 radical (unpaired) electrons. The van der Waals surface area contributed by atoms with Crippen molar-refractivity contribution in [3.05, 3.63) is 48.2 Å². The number of piperazine rings is 1. The SMILES string of the molecule is C1=C[C@H]2C[C@H]1C[C@H]2CN1CCN(Cc2c[nH]c3ccccc23)CC1. The number of H-pyrrole nitrogens is 1. The Morgan fingerprint density at radius 3 is 2.58 bits per heavy atom. The Bertz CT molecular complexity index is 738. The lowest BCUT2D eigenvalue weighted by atomic mass is 9.93. The second-order valence-corrected chi connectivity index (χ2v) is 7.98. The zero-order chi connectivity index (χ0) is 15.9. The molecule has 1 N–H and O–H groups in total. The highest BCUT2D eigenvalue weighted by Gasteiger charge is 2.36. The maximum Gasteiger partial charge on any atom is 0.0457 e. The highest BCUT2D eigenvalue weighted by molar-refractivity contribution is 5.82. The molecule has 2 fully saturated rings. The minimum absolute atomic E-state index is 0.888. The number of rotatable bonds is 4. The molecule has 0 spiro atoms. The Hall–Kier alpha value is -1.58. The van der Waals surface area contributed by atoms with Gasteiger partial charge >= 0.3 is 0 Å². The molecule has 1 aromatic carbocycles. The molecular weight excluding hydrogens is 294 g/mol. The van der Waals surface area contributed by atoms with Crippen LogP contribution in [0, 0.1) is 17.8 Å². The molecule has 126 valence electrons. The average Bonchev–Trinajstić information content (AvgIpc) is 3.33. The summed E-state index contributed by atoms with van der Waals surface area (Å²) < 4.78 is 0. The van der Waals surface area contributed by atoms with Gasteiger partial charge in [0.2, 0.25) is 0 Å². The highest BCUT2D eigenvalue weighted by Crippen LogP contribution is 2.43. The van der Waals surface area contributed by atoms with Gasteiger partial charge in [-0.3, -0.25) is 4.90 Å². The number of fused-ring (bicyclic) bond motifs is 3. The molecule has 24 heavy (non-hydrogen) atoms. The number of para-hydroxylation sites is 1. The molecule has 2 aliphatic carbocycles. The fourth-order valence-corrected chi connectivity index (χ4v) is 5.07. The predicted molar refractivity (Wildman–Crippen MR) is 98.9 cm³/mol. The standard InChI is InChI=1S/C21H27N3/c1-2-4-21-20(3-1)19(13-22-21)15-24-9-7-23(8-10-24)14-18-12-16-5-6-17(18)11-16/h1-6,13,16-18,22H,7-12,14-15H2/t16-,17-,18-/m0/s1. The molecular formula is C21H27N3. The molecule has 0 amide bonds. The number of hydrogen-bond donors (Lipinski definition) is 1. The molecule has 0 unspecified atom stereocenters. The minimum atomic E-state index is 0.888. The van der Waals surface area contributed by atoms with Gasteiger partial charge in [0.05, 0.1) is 0 Å². The van der Waals surface area contributed by atoms with Crippen molar-refractivity contribution in [2.24, 2.45) is 17.8 Å². The lowest BCUT2D eigenvalue weighted by Gasteiger charge is -2.36. The molecule has 2 bridgehead atoms. The quantitative estimate of drug-likeness (QED) is 0.871. The topological polar surface area (TPSA) is 22.3 Å². The molecule has 1 saturated carbocycles. The van der Waals surface area contributed by atoms with Gasteiger partial charge in [-0.2, -0.15) is 0 Å². The highest BCUT2D eigenvalue weighted by atomic mass is 15.3. The van der Waals surface area contributed by atoms with Crippen molar-refractivity contribution in [1.29, 1.82) is 0 Å². The molecule has 2 heterocycles. The summed E-state index contributed by atoms with van der Waals surface area (Å²) in [6.45, 7) is 7.29. The number of nitrogens with zero attached hydrogens (tertiary/aromatic N) is 2. The van der Waals surface area contributed by atoms with Gasteiger partial charge in [0, 0.05) is 56.4 Å². The summed E-state index contributed by atoms with van der Waals surface area (Å²) >= 11 is 0. The third kappa shape index (κ3) is 2.70. The summed E-state index contributed by atoms with van der Waals surface area (Å²) in [6, 6.07) is 8.65. The number of aromatic amines is 1. The van der Waals surface area contributed by atoms with Crippen LogP contribution < -0.4 is 0 Å². The van der Waals surface area contributed by atoms with Crippen molar-refractivity contribution in [3.8, 4) is 0 Å². The Kier molecular flexibility index (Phi) is 3.72. The van der Waals surface area contributed by atoms with Crippen LogP contribution in [0.3, 0.4) is 0 Å². The van der Waals surface area contributed by atoms with E-state index < -0.39 is 0 Å². The molecule has 3 aliphatic rings. The van der Waals surface area contributed by atoms with Crippen LogP contribution in [0.4, 0.5) is 0 Å². The van der Waals surface area contributed by atoms with E-state index in [4.69, 9.17) is 0 Å². The summed E-state index contributed by atoms with van der Waals surface area (Å²) in [6.07, 6.45) is 10.0. The Morgan fingerprint density at radius 2 is 1.79 bits per heavy atom. The first-order chi connectivity index (χ1) is 11.8. The van der Waals surface area contributed by atoms with Crippen molar-refractivity contribution in [2.45, 2.75) is 19.4 Å². The van der Waals surface area contributed by atoms with E-state index in [2.05, 4.69) is 57.4 Å². The zero-order valence-electron chi connectivity index (χ0n) is 14.3. The summed E-state index contributed by atoms with van der Waals surface area (Å²) in [5.74, 6) is 2.72. The fraction of sp³-hybridized carbons (Fsp3) is 0.524. The van der Waals surface area contributed by atoms with E-state index in [1.807, 2.05) is 0 Å². The van der Waals surface area contributed by atoms with Gasteiger partial charge in [-0.25, -0.2) is 0 Å². The third-order valence-corrected chi connectivity index (χ3v) is 6.44. The van der Waals surface area contributed by atoms with E-state index in [0.29, 0.717) is 0 Å². The Balaban J connectivity index is 1.16. The van der Waals surface area contributed by atoms with E-state index in [1.54, 1.807) is 0 Å². The first kappa shape index (κ1) is 14.7. The van der Waals surface area contributed by atoms with Crippen LogP contribution in [0.25, 0.3) is 10.9 Å². The van der Waals surface area contributed by atoms with Crippen LogP contribution >= 0.6 is 0 Å². The molecule has 5 rings (SSSR count). The monoisotopic (exact) mass is 321 g/mol. The molecule has 3 heteroatoms. The fourth-order valence-electron chi connectivity index (χ4n) is 5.07. The summed E-state index contributed by atoms with van der Waals surface area (Å²) in [7, 11) is 0. The number of hydrogen-bond acceptors (Lipinski definition) is 2. The zero-order valence-corrected chi connectivity index (χ0v) is 14.3. The molecule has 1 saturated heterocycles. The summed E-state index contributed by atoms with van der Waals surface area (Å²) in [4.78, 5) is 8.74. The van der Waals surface area contributed by atoms with Gasteiger partial charge in [-0.05, 0) is 42.2 Å². The lowest BCUT2D eigenvalue weighted by molar-refractivity contribution is 0.109. The minimum Gasteiger partial charge on any atom is -0.361 e. The third-order valence-electron chi connectivity index (χ3n) is 6.44. The maximum absolute atomic E-state index is 3.41. The second-order valence-electron chi connectivity index (χ2n) is 7.98. The first-order valence-corrected chi connectivity index (χ1v) is 9.53. The van der Waals surface area contributed by atoms with E-state index in [0.717, 1.165) is 24.3 Å². The number of aromatic nitrogens is 1. The van der Waals surface area contributed by atoms with Gasteiger partial charge in [0.25, 0.3) is 0 Å². The average molecular weight is 321 g/mol. The molecule has 2 aromatic rings. The van der Waals surface area contributed by atoms with Crippen molar-refractivity contribution in [3.63, 3.8) is 0 Å². The smallest absolute Gasteiger partial charge is 0.0457 e. The summed E-state index contributed by atoms with van der Waals surface area (Å²) in [5.41, 5.74) is 2.70. The second kappa shape index (κ2) is 6.05. The van der Waals surface area contributed by atoms with Crippen molar-refractivity contribution >= 4 is 10.9 Å². The van der Waals surface area contributed by atoms with Crippen LogP contribution in [0.1, 0.15) is 18.4 Å². The molecule has 1 aromatic heterocycles. The van der Waals surface area contributed by atoms with Gasteiger partial charge in [0.1, 0.15) is 0 Å². The number of allylic oxidation sites excluding steroid dienone is 2. The molecule has 3 nitrogen and oxygen atoms in total. The predicted octanol–water partition coefficient (Wildman–Crippen LogP) is 3.50. The molecule has 1 aliphatic heterocycles. The van der Waals surface area contributed by atoms with Gasteiger partial charge < -0.3 is 9.88 Å². The van der Waals surface area contributed by atoms with Gasteiger partial charge in [-0.15, -0.1) is 0 Å². The van der Waals surface area contributed by atoms with Crippen LogP contribution in [0.2, 0.25) is 0 Å². The van der Waals surface area contributed by atoms with Crippen molar-refractivity contribution < 1.29 is 0 Å². The molecule has 3 atom stereocenters. The van der Waals surface area contributed by atoms with E-state index >= 15 is 0 Å². The van der Waals surface area contributed by atoms with Crippen LogP contribution in [-0.4, -0.2) is 47.5 Å². The Labute approximate surface area is 144 Å². The van der Waals surface area contributed by atoms with Crippen molar-refractivity contribution in [1.82, 2.24) is 14.8 Å². The number of nitrogens with one attached hydrogen (secondary N) is 1. The Morgan fingerprint density at radius 1 is 0.958 bits per heavy atom. The van der Waals surface area contributed by atoms with Crippen LogP contribution in [0.5, 0.6) is 0 Å². The number of benzene rings is 1. The van der Waals surface area contributed by atoms with E-state index in [-0.39, 0.29) is 0 Å². The van der Waals surface area contributed by atoms with E-state index in [9.17, 15) is 0 Å². The van der Waals surface area contributed by atoms with Crippen LogP contribution in [0.15, 0.2) is 42.6 Å². The van der Waals surface area contributed by atoms with E-state index in [1.165, 1.54) is 62.0 Å². The van der Waals surface area contributed by atoms with Gasteiger partial charge in [-0.1, -0.05) is 30.4 Å². The normalized spacial score (nSPS) is 30.6. The lowest BCUT2D eigenvalue weighted by Crippen LogP contribution is -2.47. The van der Waals surface area contributed by atoms with Crippen molar-refractivity contribution in [2.75, 3.05) is 32.7 Å². The van der Waals surface area contributed by atoms with Crippen LogP contribution in [-0.2, 0) is 6.54 Å². The maximum atomic E-state index is 3.41. The largest absolute Gasteiger partial charge is 0.361 e. The van der Waals surface area contributed by atoms with Gasteiger partial charge in [0.15, 0.2) is 0 Å². The first-order valence-electron chi connectivity index (χ1n) is 9.53.